The average molecular weight is 519 g/mol. The van der Waals surface area contributed by atoms with Crippen LogP contribution in [0.15, 0.2) is 29.9 Å². The summed E-state index contributed by atoms with van der Waals surface area (Å²) in [6, 6.07) is 1.53. The van der Waals surface area contributed by atoms with Gasteiger partial charge >= 0.3 is 12.4 Å². The molecule has 0 radical (unpaired) electrons. The third-order valence-electron chi connectivity index (χ3n) is 4.57. The zero-order valence-electron chi connectivity index (χ0n) is 18.7. The number of alkyl halides is 6. The first kappa shape index (κ1) is 26.2. The second-order valence-electron chi connectivity index (χ2n) is 7.56. The molecular formula is C21H19F6N5O2S. The maximum absolute atomic E-state index is 13.6. The number of carbonyl (C=O) groups excluding carboxylic acids is 1. The van der Waals surface area contributed by atoms with Gasteiger partial charge in [-0.2, -0.15) is 26.3 Å². The van der Waals surface area contributed by atoms with E-state index in [0.29, 0.717) is 0 Å². The molecule has 1 N–H and O–H groups in total. The maximum Gasteiger partial charge on any atom is 0.420 e. The van der Waals surface area contributed by atoms with Crippen LogP contribution in [0.2, 0.25) is 0 Å². The average Bonchev–Trinajstić information content (AvgIpc) is 3.20. The minimum absolute atomic E-state index is 0.0144. The first-order chi connectivity index (χ1) is 16.2. The normalized spacial score (nSPS) is 12.1. The number of halogens is 6. The Kier molecular flexibility index (Phi) is 7.24. The summed E-state index contributed by atoms with van der Waals surface area (Å²) in [4.78, 5) is 24.3. The minimum Gasteiger partial charge on any atom is -0.489 e. The Morgan fingerprint density at radius 2 is 1.69 bits per heavy atom. The number of nitrogens with one attached hydrogen (secondary N) is 1. The van der Waals surface area contributed by atoms with Gasteiger partial charge in [0.2, 0.25) is 5.91 Å². The molecule has 0 saturated heterocycles. The Hall–Kier alpha value is -3.42. The van der Waals surface area contributed by atoms with E-state index in [1.807, 2.05) is 0 Å². The van der Waals surface area contributed by atoms with Gasteiger partial charge < -0.3 is 15.0 Å². The largest absolute Gasteiger partial charge is 0.489 e. The topological polar surface area (TPSA) is 80.2 Å². The highest BCUT2D eigenvalue weighted by Crippen LogP contribution is 2.40. The molecule has 7 nitrogen and oxygen atoms in total. The number of anilines is 3. The van der Waals surface area contributed by atoms with Crippen LogP contribution in [0.5, 0.6) is 5.75 Å². The third kappa shape index (κ3) is 6.18. The molecule has 3 aromatic heterocycles. The van der Waals surface area contributed by atoms with Gasteiger partial charge in [-0.15, -0.1) is 11.3 Å². The molecule has 1 amide bonds. The Morgan fingerprint density at radius 3 is 2.26 bits per heavy atom. The lowest BCUT2D eigenvalue weighted by molar-refractivity contribution is -0.139. The van der Waals surface area contributed by atoms with Crippen molar-refractivity contribution in [3.05, 3.63) is 41.0 Å². The molecule has 0 saturated carbocycles. The van der Waals surface area contributed by atoms with Crippen molar-refractivity contribution in [2.24, 2.45) is 0 Å². The molecule has 3 aromatic rings. The van der Waals surface area contributed by atoms with Gasteiger partial charge in [0.05, 0.1) is 29.9 Å². The van der Waals surface area contributed by atoms with E-state index in [2.05, 4.69) is 20.3 Å². The molecule has 0 bridgehead atoms. The number of carbonyl (C=O) groups is 1. The summed E-state index contributed by atoms with van der Waals surface area (Å²) >= 11 is 0.856. The van der Waals surface area contributed by atoms with Crippen LogP contribution in [0.3, 0.4) is 0 Å². The number of nitrogens with zero attached hydrogens (tertiary/aromatic N) is 4. The smallest absolute Gasteiger partial charge is 0.420 e. The zero-order valence-corrected chi connectivity index (χ0v) is 19.6. The van der Waals surface area contributed by atoms with Crippen LogP contribution in [-0.4, -0.2) is 34.0 Å². The molecule has 0 aliphatic heterocycles. The standard InChI is InChI=1S/C21H19F6N5O2S/c1-10(2)34-17-8-28-15(6-13(17)20(22,23)24)16-9-35-19(30-16)31-18-14(21(25,26)27)5-12(7-29-18)32(4)11(3)33/h5-10H,1-4H3,(H,29,30,31). The van der Waals surface area contributed by atoms with E-state index in [4.69, 9.17) is 4.74 Å². The number of rotatable bonds is 6. The maximum atomic E-state index is 13.6. The summed E-state index contributed by atoms with van der Waals surface area (Å²) in [5, 5.41) is 3.74. The molecule has 0 aliphatic carbocycles. The van der Waals surface area contributed by atoms with Crippen LogP contribution in [0.25, 0.3) is 11.4 Å². The van der Waals surface area contributed by atoms with Crippen molar-refractivity contribution in [1.82, 2.24) is 15.0 Å². The van der Waals surface area contributed by atoms with E-state index in [9.17, 15) is 31.1 Å². The van der Waals surface area contributed by atoms with Crippen LogP contribution in [-0.2, 0) is 17.1 Å². The van der Waals surface area contributed by atoms with Crippen LogP contribution >= 0.6 is 11.3 Å². The lowest BCUT2D eigenvalue weighted by atomic mass is 10.1. The molecule has 14 heteroatoms. The summed E-state index contributed by atoms with van der Waals surface area (Å²) in [7, 11) is 1.30. The predicted molar refractivity (Wildman–Crippen MR) is 118 cm³/mol. The lowest BCUT2D eigenvalue weighted by Gasteiger charge is -2.18. The Balaban J connectivity index is 1.94. The third-order valence-corrected chi connectivity index (χ3v) is 5.32. The van der Waals surface area contributed by atoms with Crippen molar-refractivity contribution in [1.29, 1.82) is 0 Å². The van der Waals surface area contributed by atoms with E-state index in [0.717, 1.165) is 40.8 Å². The fourth-order valence-corrected chi connectivity index (χ4v) is 3.54. The number of aromatic nitrogens is 3. The number of amides is 1. The predicted octanol–water partition coefficient (Wildman–Crippen LogP) is 6.15. The highest BCUT2D eigenvalue weighted by molar-refractivity contribution is 7.14. The number of hydrogen-bond acceptors (Lipinski definition) is 7. The Bertz CT molecular complexity index is 1230. The summed E-state index contributed by atoms with van der Waals surface area (Å²) in [5.41, 5.74) is -2.39. The Labute approximate surface area is 199 Å². The van der Waals surface area contributed by atoms with Gasteiger partial charge in [-0.1, -0.05) is 0 Å². The number of hydrogen-bond donors (Lipinski definition) is 1. The van der Waals surface area contributed by atoms with Crippen molar-refractivity contribution in [3.63, 3.8) is 0 Å². The van der Waals surface area contributed by atoms with Crippen LogP contribution < -0.4 is 15.0 Å². The van der Waals surface area contributed by atoms with Crippen LogP contribution in [0.1, 0.15) is 31.9 Å². The fraction of sp³-hybridized carbons (Fsp3) is 0.333. The molecular weight excluding hydrogens is 500 g/mol. The van der Waals surface area contributed by atoms with Gasteiger partial charge in [-0.25, -0.2) is 9.97 Å². The molecule has 3 heterocycles. The van der Waals surface area contributed by atoms with Crippen molar-refractivity contribution in [2.75, 3.05) is 17.3 Å². The van der Waals surface area contributed by atoms with Gasteiger partial charge in [0.25, 0.3) is 0 Å². The van der Waals surface area contributed by atoms with Crippen molar-refractivity contribution in [3.8, 4) is 17.1 Å². The van der Waals surface area contributed by atoms with Gasteiger partial charge in [0.15, 0.2) is 5.13 Å². The van der Waals surface area contributed by atoms with Gasteiger partial charge in [-0.3, -0.25) is 9.78 Å². The quantitative estimate of drug-likeness (QED) is 0.394. The Morgan fingerprint density at radius 1 is 1.03 bits per heavy atom. The molecule has 0 aliphatic rings. The van der Waals surface area contributed by atoms with Crippen molar-refractivity contribution < 1.29 is 35.9 Å². The van der Waals surface area contributed by atoms with Crippen LogP contribution in [0, 0.1) is 0 Å². The molecule has 0 aromatic carbocycles. The zero-order chi connectivity index (χ0) is 26.1. The van der Waals surface area contributed by atoms with Gasteiger partial charge in [0.1, 0.15) is 28.4 Å². The molecule has 0 spiro atoms. The molecule has 0 fully saturated rings. The molecule has 0 unspecified atom stereocenters. The van der Waals surface area contributed by atoms with Crippen LogP contribution in [0.4, 0.5) is 43.0 Å². The molecule has 35 heavy (non-hydrogen) atoms. The number of pyridine rings is 2. The summed E-state index contributed by atoms with van der Waals surface area (Å²) in [6.07, 6.45) is -8.04. The van der Waals surface area contributed by atoms with Crippen molar-refractivity contribution >= 4 is 33.9 Å². The first-order valence-corrected chi connectivity index (χ1v) is 10.8. The monoisotopic (exact) mass is 519 g/mol. The second kappa shape index (κ2) is 9.68. The van der Waals surface area contributed by atoms with Gasteiger partial charge in [0, 0.05) is 19.4 Å². The minimum atomic E-state index is -4.81. The second-order valence-corrected chi connectivity index (χ2v) is 8.42. The molecule has 0 atom stereocenters. The van der Waals surface area contributed by atoms with Crippen molar-refractivity contribution in [2.45, 2.75) is 39.2 Å². The molecule has 188 valence electrons. The van der Waals surface area contributed by atoms with E-state index >= 15 is 0 Å². The van der Waals surface area contributed by atoms with E-state index in [-0.39, 0.29) is 22.2 Å². The van der Waals surface area contributed by atoms with Gasteiger partial charge in [-0.05, 0) is 26.0 Å². The lowest BCUT2D eigenvalue weighted by Crippen LogP contribution is -2.24. The van der Waals surface area contributed by atoms with E-state index < -0.39 is 47.1 Å². The first-order valence-electron chi connectivity index (χ1n) is 9.95. The number of ether oxygens (including phenoxy) is 1. The van der Waals surface area contributed by atoms with E-state index in [1.54, 1.807) is 13.8 Å². The molecule has 3 rings (SSSR count). The van der Waals surface area contributed by atoms with E-state index in [1.165, 1.54) is 19.4 Å². The highest BCUT2D eigenvalue weighted by Gasteiger charge is 2.37. The number of thiazole rings is 1. The summed E-state index contributed by atoms with van der Waals surface area (Å²) in [5.74, 6) is -1.51. The SMILES string of the molecule is CC(=O)N(C)c1cnc(Nc2nc(-c3cc(C(F)(F)F)c(OC(C)C)cn3)cs2)c(C(F)(F)F)c1. The highest BCUT2D eigenvalue weighted by atomic mass is 32.1. The summed E-state index contributed by atoms with van der Waals surface area (Å²) in [6.45, 7) is 4.33. The fourth-order valence-electron chi connectivity index (χ4n) is 2.84. The summed E-state index contributed by atoms with van der Waals surface area (Å²) < 4.78 is 86.6.